The van der Waals surface area contributed by atoms with E-state index in [0.717, 1.165) is 5.75 Å². The van der Waals surface area contributed by atoms with E-state index in [1.807, 2.05) is 30.3 Å². The number of rotatable bonds is 3. The van der Waals surface area contributed by atoms with Crippen molar-refractivity contribution in [2.24, 2.45) is 0 Å². The molecular weight excluding hydrogens is 221 g/mol. The Bertz CT molecular complexity index is 382. The fourth-order valence-corrected chi connectivity index (χ4v) is 2.11. The molecule has 0 saturated carbocycles. The van der Waals surface area contributed by atoms with Gasteiger partial charge >= 0.3 is 0 Å². The molecule has 92 valence electrons. The third-order valence-corrected chi connectivity index (χ3v) is 2.95. The maximum Gasteiger partial charge on any atom is 0.219 e. The first-order valence-corrected chi connectivity index (χ1v) is 5.76. The molecule has 0 bridgehead atoms. The molecule has 1 aliphatic heterocycles. The van der Waals surface area contributed by atoms with Gasteiger partial charge in [-0.15, -0.1) is 0 Å². The van der Waals surface area contributed by atoms with E-state index < -0.39 is 6.17 Å². The van der Waals surface area contributed by atoms with Crippen molar-refractivity contribution in [3.8, 4) is 5.75 Å². The lowest BCUT2D eigenvalue weighted by atomic mass is 10.2. The minimum atomic E-state index is -0.928. The number of hydrogen-bond acceptors (Lipinski definition) is 2. The molecule has 0 spiro atoms. The van der Waals surface area contributed by atoms with Crippen molar-refractivity contribution >= 4 is 5.91 Å². The number of halogens is 1. The van der Waals surface area contributed by atoms with E-state index in [1.54, 1.807) is 4.90 Å². The van der Waals surface area contributed by atoms with E-state index >= 15 is 0 Å². The fraction of sp³-hybridized carbons (Fsp3) is 0.462. The van der Waals surface area contributed by atoms with Crippen molar-refractivity contribution in [2.45, 2.75) is 25.6 Å². The molecule has 0 radical (unpaired) electrons. The molecule has 1 aromatic rings. The van der Waals surface area contributed by atoms with Gasteiger partial charge in [-0.3, -0.25) is 4.79 Å². The fourth-order valence-electron chi connectivity index (χ4n) is 2.11. The summed E-state index contributed by atoms with van der Waals surface area (Å²) < 4.78 is 18.8. The molecule has 0 aromatic heterocycles. The zero-order valence-corrected chi connectivity index (χ0v) is 9.80. The number of hydrogen-bond donors (Lipinski definition) is 0. The minimum Gasteiger partial charge on any atom is -0.491 e. The summed E-state index contributed by atoms with van der Waals surface area (Å²) in [6.07, 6.45) is -0.560. The summed E-state index contributed by atoms with van der Waals surface area (Å²) in [4.78, 5) is 12.9. The summed E-state index contributed by atoms with van der Waals surface area (Å²) in [6.45, 7) is 2.01. The number of carbonyl (C=O) groups is 1. The molecule has 1 saturated heterocycles. The summed E-state index contributed by atoms with van der Waals surface area (Å²) >= 11 is 0. The van der Waals surface area contributed by atoms with Crippen molar-refractivity contribution in [2.75, 3.05) is 13.2 Å². The Morgan fingerprint density at radius 2 is 2.18 bits per heavy atom. The van der Waals surface area contributed by atoms with Crippen LogP contribution in [0.2, 0.25) is 0 Å². The topological polar surface area (TPSA) is 29.5 Å². The van der Waals surface area contributed by atoms with Crippen LogP contribution in [-0.2, 0) is 4.79 Å². The van der Waals surface area contributed by atoms with E-state index in [2.05, 4.69) is 0 Å². The Kier molecular flexibility index (Phi) is 3.61. The van der Waals surface area contributed by atoms with Crippen LogP contribution in [0.4, 0.5) is 4.39 Å². The molecule has 1 fully saturated rings. The molecule has 2 rings (SSSR count). The quantitative estimate of drug-likeness (QED) is 0.805. The van der Waals surface area contributed by atoms with Crippen molar-refractivity contribution in [1.82, 2.24) is 4.90 Å². The molecule has 0 aliphatic carbocycles. The van der Waals surface area contributed by atoms with Crippen LogP contribution in [0.5, 0.6) is 5.75 Å². The van der Waals surface area contributed by atoms with Gasteiger partial charge in [-0.1, -0.05) is 18.2 Å². The maximum atomic E-state index is 13.3. The SMILES string of the molecule is CC(=O)N1CC(F)CC1COc1ccccc1. The molecule has 1 amide bonds. The largest absolute Gasteiger partial charge is 0.491 e. The van der Waals surface area contributed by atoms with E-state index in [1.165, 1.54) is 6.92 Å². The Morgan fingerprint density at radius 3 is 2.82 bits per heavy atom. The first-order chi connectivity index (χ1) is 8.16. The lowest BCUT2D eigenvalue weighted by Crippen LogP contribution is -2.37. The number of amides is 1. The highest BCUT2D eigenvalue weighted by atomic mass is 19.1. The van der Waals surface area contributed by atoms with Crippen molar-refractivity contribution < 1.29 is 13.9 Å². The van der Waals surface area contributed by atoms with Crippen LogP contribution in [0, 0.1) is 0 Å². The number of benzene rings is 1. The molecule has 1 aliphatic rings. The Labute approximate surface area is 100 Å². The van der Waals surface area contributed by atoms with Gasteiger partial charge in [-0.2, -0.15) is 0 Å². The van der Waals surface area contributed by atoms with Gasteiger partial charge in [0.05, 0.1) is 12.6 Å². The van der Waals surface area contributed by atoms with Crippen LogP contribution in [-0.4, -0.2) is 36.2 Å². The zero-order chi connectivity index (χ0) is 12.3. The Balaban J connectivity index is 1.92. The predicted molar refractivity (Wildman–Crippen MR) is 62.6 cm³/mol. The third kappa shape index (κ3) is 2.96. The van der Waals surface area contributed by atoms with Crippen LogP contribution in [0.1, 0.15) is 13.3 Å². The molecule has 1 heterocycles. The smallest absolute Gasteiger partial charge is 0.219 e. The number of ether oxygens (including phenoxy) is 1. The number of nitrogens with zero attached hydrogens (tertiary/aromatic N) is 1. The number of para-hydroxylation sites is 1. The standard InChI is InChI=1S/C13H16FNO2/c1-10(16)15-8-11(14)7-12(15)9-17-13-5-3-2-4-6-13/h2-6,11-12H,7-9H2,1H3. The summed E-state index contributed by atoms with van der Waals surface area (Å²) in [5, 5.41) is 0. The molecule has 17 heavy (non-hydrogen) atoms. The molecule has 4 heteroatoms. The second-order valence-corrected chi connectivity index (χ2v) is 4.28. The van der Waals surface area contributed by atoms with E-state index in [-0.39, 0.29) is 18.5 Å². The van der Waals surface area contributed by atoms with Gasteiger partial charge in [0.25, 0.3) is 0 Å². The summed E-state index contributed by atoms with van der Waals surface area (Å²) in [7, 11) is 0. The van der Waals surface area contributed by atoms with Crippen LogP contribution in [0.15, 0.2) is 30.3 Å². The summed E-state index contributed by atoms with van der Waals surface area (Å²) in [5.41, 5.74) is 0. The van der Waals surface area contributed by atoms with E-state index in [9.17, 15) is 9.18 Å². The molecule has 3 nitrogen and oxygen atoms in total. The van der Waals surface area contributed by atoms with Crippen molar-refractivity contribution in [3.63, 3.8) is 0 Å². The minimum absolute atomic E-state index is 0.0909. The highest BCUT2D eigenvalue weighted by molar-refractivity contribution is 5.74. The predicted octanol–water partition coefficient (Wildman–Crippen LogP) is 2.02. The highest BCUT2D eigenvalue weighted by Crippen LogP contribution is 2.21. The van der Waals surface area contributed by atoms with Crippen molar-refractivity contribution in [1.29, 1.82) is 0 Å². The van der Waals surface area contributed by atoms with Gasteiger partial charge in [0.1, 0.15) is 18.5 Å². The van der Waals surface area contributed by atoms with Crippen LogP contribution < -0.4 is 4.74 Å². The maximum absolute atomic E-state index is 13.3. The summed E-state index contributed by atoms with van der Waals surface area (Å²) in [6, 6.07) is 9.21. The van der Waals surface area contributed by atoms with Crippen molar-refractivity contribution in [3.05, 3.63) is 30.3 Å². The molecule has 1 aromatic carbocycles. The van der Waals surface area contributed by atoms with Gasteiger partial charge < -0.3 is 9.64 Å². The Morgan fingerprint density at radius 1 is 1.47 bits per heavy atom. The third-order valence-electron chi connectivity index (χ3n) is 2.95. The number of carbonyl (C=O) groups excluding carboxylic acids is 1. The van der Waals surface area contributed by atoms with Gasteiger partial charge in [0.15, 0.2) is 0 Å². The second-order valence-electron chi connectivity index (χ2n) is 4.28. The lowest BCUT2D eigenvalue weighted by Gasteiger charge is -2.22. The number of alkyl halides is 1. The van der Waals surface area contributed by atoms with E-state index in [4.69, 9.17) is 4.74 Å². The summed E-state index contributed by atoms with van der Waals surface area (Å²) in [5.74, 6) is 0.658. The molecular formula is C13H16FNO2. The van der Waals surface area contributed by atoms with Crippen LogP contribution in [0.25, 0.3) is 0 Å². The molecule has 0 N–H and O–H groups in total. The molecule has 2 unspecified atom stereocenters. The second kappa shape index (κ2) is 5.17. The lowest BCUT2D eigenvalue weighted by molar-refractivity contribution is -0.130. The Hall–Kier alpha value is -1.58. The zero-order valence-electron chi connectivity index (χ0n) is 9.80. The van der Waals surface area contributed by atoms with Gasteiger partial charge in [-0.25, -0.2) is 4.39 Å². The average molecular weight is 237 g/mol. The normalized spacial score (nSPS) is 23.8. The van der Waals surface area contributed by atoms with Crippen LogP contribution in [0.3, 0.4) is 0 Å². The monoisotopic (exact) mass is 237 g/mol. The molecule has 2 atom stereocenters. The highest BCUT2D eigenvalue weighted by Gasteiger charge is 2.34. The first kappa shape index (κ1) is 11.9. The van der Waals surface area contributed by atoms with Gasteiger partial charge in [-0.05, 0) is 12.1 Å². The van der Waals surface area contributed by atoms with E-state index in [0.29, 0.717) is 13.0 Å². The van der Waals surface area contributed by atoms with Gasteiger partial charge in [0, 0.05) is 13.3 Å². The average Bonchev–Trinajstić information content (AvgIpc) is 2.69. The van der Waals surface area contributed by atoms with Gasteiger partial charge in [0.2, 0.25) is 5.91 Å². The van der Waals surface area contributed by atoms with Crippen LogP contribution >= 0.6 is 0 Å². The number of likely N-dealkylation sites (tertiary alicyclic amines) is 1. The first-order valence-electron chi connectivity index (χ1n) is 5.76.